The molecule has 1 saturated heterocycles. The number of carbonyl (C=O) groups excluding carboxylic acids is 1. The number of rotatable bonds is 4. The molecule has 2 rings (SSSR count). The van der Waals surface area contributed by atoms with E-state index in [4.69, 9.17) is 16.3 Å². The molecule has 0 aliphatic carbocycles. The number of hydrogen-bond donors (Lipinski definition) is 0. The summed E-state index contributed by atoms with van der Waals surface area (Å²) in [6, 6.07) is 5.18. The van der Waals surface area contributed by atoms with Crippen LogP contribution in [0, 0.1) is 0 Å². The van der Waals surface area contributed by atoms with Crippen LogP contribution < -0.4 is 4.74 Å². The number of likely N-dealkylation sites (tertiary alicyclic amines) is 1. The van der Waals surface area contributed by atoms with Crippen molar-refractivity contribution < 1.29 is 9.53 Å². The van der Waals surface area contributed by atoms with Crippen molar-refractivity contribution >= 4 is 17.4 Å². The topological polar surface area (TPSA) is 29.5 Å². The van der Waals surface area contributed by atoms with E-state index >= 15 is 0 Å². The van der Waals surface area contributed by atoms with E-state index in [2.05, 4.69) is 4.90 Å². The number of Topliss-reactive ketones (excluding diaryl/α,β-unsaturated/α-hetero) is 1. The average Bonchev–Trinajstić information content (AvgIpc) is 2.92. The zero-order chi connectivity index (χ0) is 14.0. The van der Waals surface area contributed by atoms with Gasteiger partial charge in [0, 0.05) is 5.02 Å². The molecule has 0 bridgehead atoms. The zero-order valence-electron chi connectivity index (χ0n) is 11.7. The molecule has 0 amide bonds. The summed E-state index contributed by atoms with van der Waals surface area (Å²) in [6.45, 7) is 5.89. The van der Waals surface area contributed by atoms with E-state index in [0.717, 1.165) is 25.9 Å². The third-order valence-electron chi connectivity index (χ3n) is 3.86. The second-order valence-electron chi connectivity index (χ2n) is 5.43. The summed E-state index contributed by atoms with van der Waals surface area (Å²) >= 11 is 6.01. The fourth-order valence-electron chi connectivity index (χ4n) is 2.61. The van der Waals surface area contributed by atoms with Gasteiger partial charge in [-0.15, -0.1) is 0 Å². The van der Waals surface area contributed by atoms with Gasteiger partial charge in [-0.2, -0.15) is 0 Å². The molecule has 1 aromatic carbocycles. The molecule has 104 valence electrons. The summed E-state index contributed by atoms with van der Waals surface area (Å²) in [4.78, 5) is 15.0. The number of ether oxygens (including phenoxy) is 1. The predicted octanol–water partition coefficient (Wildman–Crippen LogP) is 3.41. The van der Waals surface area contributed by atoms with Gasteiger partial charge in [0.2, 0.25) is 0 Å². The fraction of sp³-hybridized carbons (Fsp3) is 0.533. The van der Waals surface area contributed by atoms with Crippen LogP contribution in [0.2, 0.25) is 5.02 Å². The lowest BCUT2D eigenvalue weighted by Crippen LogP contribution is -2.48. The van der Waals surface area contributed by atoms with Crippen molar-refractivity contribution in [2.24, 2.45) is 0 Å². The highest BCUT2D eigenvalue weighted by Gasteiger charge is 2.37. The minimum absolute atomic E-state index is 0.0637. The molecular weight excluding hydrogens is 262 g/mol. The number of nitrogens with zero attached hydrogens (tertiary/aromatic N) is 1. The van der Waals surface area contributed by atoms with Crippen LogP contribution in [0.4, 0.5) is 0 Å². The molecule has 0 spiro atoms. The van der Waals surface area contributed by atoms with Gasteiger partial charge in [0.1, 0.15) is 5.75 Å². The van der Waals surface area contributed by atoms with Crippen molar-refractivity contribution in [3.8, 4) is 5.75 Å². The Labute approximate surface area is 119 Å². The number of carbonyl (C=O) groups is 1. The minimum Gasteiger partial charge on any atom is -0.496 e. The summed E-state index contributed by atoms with van der Waals surface area (Å²) in [5.41, 5.74) is 0.0426. The Hall–Kier alpha value is -1.06. The maximum atomic E-state index is 12.8. The third-order valence-corrected chi connectivity index (χ3v) is 4.09. The summed E-state index contributed by atoms with van der Waals surface area (Å²) < 4.78 is 5.28. The van der Waals surface area contributed by atoms with E-state index in [1.165, 1.54) is 0 Å². The normalized spacial score (nSPS) is 16.6. The van der Waals surface area contributed by atoms with Crippen LogP contribution in [0.1, 0.15) is 37.0 Å². The van der Waals surface area contributed by atoms with Crippen LogP contribution in [0.3, 0.4) is 0 Å². The Balaban J connectivity index is 2.35. The molecule has 0 saturated carbocycles. The second kappa shape index (κ2) is 5.51. The average molecular weight is 282 g/mol. The molecule has 4 heteroatoms. The molecule has 0 unspecified atom stereocenters. The van der Waals surface area contributed by atoms with Crippen LogP contribution in [0.15, 0.2) is 18.2 Å². The Bertz CT molecular complexity index is 479. The van der Waals surface area contributed by atoms with E-state index in [-0.39, 0.29) is 5.78 Å². The molecule has 1 aromatic rings. The van der Waals surface area contributed by atoms with Gasteiger partial charge in [0.15, 0.2) is 5.78 Å². The Morgan fingerprint density at radius 1 is 1.32 bits per heavy atom. The maximum absolute atomic E-state index is 12.8. The van der Waals surface area contributed by atoms with Gasteiger partial charge < -0.3 is 4.74 Å². The van der Waals surface area contributed by atoms with Crippen LogP contribution in [-0.2, 0) is 0 Å². The van der Waals surface area contributed by atoms with Crippen molar-refractivity contribution in [3.05, 3.63) is 28.8 Å². The van der Waals surface area contributed by atoms with Gasteiger partial charge >= 0.3 is 0 Å². The first-order valence-electron chi connectivity index (χ1n) is 6.60. The molecule has 0 aromatic heterocycles. The minimum atomic E-state index is -0.519. The van der Waals surface area contributed by atoms with E-state index < -0.39 is 5.54 Å². The Morgan fingerprint density at radius 3 is 2.53 bits per heavy atom. The van der Waals surface area contributed by atoms with Crippen LogP contribution in [0.5, 0.6) is 5.75 Å². The van der Waals surface area contributed by atoms with Crippen LogP contribution in [-0.4, -0.2) is 36.4 Å². The van der Waals surface area contributed by atoms with Gasteiger partial charge in [0.05, 0.1) is 18.2 Å². The molecule has 0 radical (unpaired) electrons. The van der Waals surface area contributed by atoms with Crippen LogP contribution in [0.25, 0.3) is 0 Å². The monoisotopic (exact) mass is 281 g/mol. The van der Waals surface area contributed by atoms with E-state index in [0.29, 0.717) is 16.3 Å². The van der Waals surface area contributed by atoms with Crippen LogP contribution >= 0.6 is 11.6 Å². The van der Waals surface area contributed by atoms with Gasteiger partial charge in [-0.25, -0.2) is 0 Å². The third kappa shape index (κ3) is 2.77. The number of halogens is 1. The highest BCUT2D eigenvalue weighted by molar-refractivity contribution is 6.31. The lowest BCUT2D eigenvalue weighted by molar-refractivity contribution is 0.0699. The number of ketones is 1. The Kier molecular flexibility index (Phi) is 4.16. The first-order valence-corrected chi connectivity index (χ1v) is 6.98. The molecule has 1 aliphatic rings. The lowest BCUT2D eigenvalue weighted by atomic mass is 9.91. The number of hydrogen-bond acceptors (Lipinski definition) is 3. The molecule has 1 fully saturated rings. The first kappa shape index (κ1) is 14.4. The lowest BCUT2D eigenvalue weighted by Gasteiger charge is -2.34. The molecule has 0 atom stereocenters. The van der Waals surface area contributed by atoms with E-state index in [1.54, 1.807) is 25.3 Å². The van der Waals surface area contributed by atoms with Gasteiger partial charge in [-0.3, -0.25) is 9.69 Å². The van der Waals surface area contributed by atoms with Gasteiger partial charge in [0.25, 0.3) is 0 Å². The summed E-state index contributed by atoms with van der Waals surface area (Å²) in [5, 5.41) is 0.557. The highest BCUT2D eigenvalue weighted by atomic mass is 35.5. The molecule has 3 nitrogen and oxygen atoms in total. The predicted molar refractivity (Wildman–Crippen MR) is 77.2 cm³/mol. The standard InChI is InChI=1S/C15H20ClNO2/c1-15(2,17-8-4-5-9-17)14(18)12-10-11(16)6-7-13(12)19-3/h6-7,10H,4-5,8-9H2,1-3H3. The van der Waals surface area contributed by atoms with Crippen molar-refractivity contribution in [1.82, 2.24) is 4.90 Å². The summed E-state index contributed by atoms with van der Waals surface area (Å²) in [6.07, 6.45) is 2.31. The van der Waals surface area contributed by atoms with Crippen molar-refractivity contribution in [1.29, 1.82) is 0 Å². The molecule has 0 N–H and O–H groups in total. The zero-order valence-corrected chi connectivity index (χ0v) is 12.5. The first-order chi connectivity index (χ1) is 8.96. The summed E-state index contributed by atoms with van der Waals surface area (Å²) in [5.74, 6) is 0.649. The number of methoxy groups -OCH3 is 1. The SMILES string of the molecule is COc1ccc(Cl)cc1C(=O)C(C)(C)N1CCCC1. The van der Waals surface area contributed by atoms with E-state index in [9.17, 15) is 4.79 Å². The van der Waals surface area contributed by atoms with Crippen molar-refractivity contribution in [2.75, 3.05) is 20.2 Å². The van der Waals surface area contributed by atoms with Gasteiger partial charge in [-0.05, 0) is 58.0 Å². The van der Waals surface area contributed by atoms with Crippen molar-refractivity contribution in [3.63, 3.8) is 0 Å². The quantitative estimate of drug-likeness (QED) is 0.792. The Morgan fingerprint density at radius 2 is 1.95 bits per heavy atom. The van der Waals surface area contributed by atoms with Crippen molar-refractivity contribution in [2.45, 2.75) is 32.2 Å². The smallest absolute Gasteiger partial charge is 0.186 e. The summed E-state index contributed by atoms with van der Waals surface area (Å²) in [7, 11) is 1.57. The molecular formula is C15H20ClNO2. The molecule has 1 heterocycles. The number of benzene rings is 1. The largest absolute Gasteiger partial charge is 0.496 e. The van der Waals surface area contributed by atoms with Gasteiger partial charge in [-0.1, -0.05) is 11.6 Å². The fourth-order valence-corrected chi connectivity index (χ4v) is 2.78. The highest BCUT2D eigenvalue weighted by Crippen LogP contribution is 2.30. The molecule has 1 aliphatic heterocycles. The van der Waals surface area contributed by atoms with E-state index in [1.807, 2.05) is 13.8 Å². The molecule has 19 heavy (non-hydrogen) atoms. The second-order valence-corrected chi connectivity index (χ2v) is 5.86. The maximum Gasteiger partial charge on any atom is 0.186 e.